The van der Waals surface area contributed by atoms with E-state index in [4.69, 9.17) is 14.2 Å². The summed E-state index contributed by atoms with van der Waals surface area (Å²) in [6.07, 6.45) is 1.71. The summed E-state index contributed by atoms with van der Waals surface area (Å²) in [5, 5.41) is 9.00. The Balaban J connectivity index is 1.50. The highest BCUT2D eigenvalue weighted by Gasteiger charge is 2.19. The van der Waals surface area contributed by atoms with Crippen molar-refractivity contribution in [2.24, 2.45) is 0 Å². The van der Waals surface area contributed by atoms with Crippen molar-refractivity contribution in [3.8, 4) is 11.5 Å². The Morgan fingerprint density at radius 3 is 2.93 bits per heavy atom. The van der Waals surface area contributed by atoms with Crippen LogP contribution in [-0.2, 0) is 30.2 Å². The van der Waals surface area contributed by atoms with E-state index < -0.39 is 5.82 Å². The molecule has 156 valence electrons. The van der Waals surface area contributed by atoms with E-state index in [0.717, 1.165) is 5.56 Å². The molecule has 30 heavy (non-hydrogen) atoms. The number of halogens is 2. The number of ether oxygens (including phenoxy) is 3. The molecule has 2 aromatic carbocycles. The van der Waals surface area contributed by atoms with Gasteiger partial charge in [-0.25, -0.2) is 8.78 Å². The molecule has 0 aliphatic carbocycles. The van der Waals surface area contributed by atoms with Crippen molar-refractivity contribution < 1.29 is 23.0 Å². The van der Waals surface area contributed by atoms with Crippen LogP contribution in [0.3, 0.4) is 0 Å². The minimum absolute atomic E-state index is 0.0537. The zero-order valence-electron chi connectivity index (χ0n) is 16.0. The number of rotatable bonds is 8. The first-order chi connectivity index (χ1) is 14.7. The zero-order chi connectivity index (χ0) is 20.9. The summed E-state index contributed by atoms with van der Waals surface area (Å²) >= 11 is 1.39. The minimum Gasteiger partial charge on any atom is -0.483 e. The van der Waals surface area contributed by atoms with Gasteiger partial charge in [-0.15, -0.1) is 16.8 Å². The average molecular weight is 431 g/mol. The van der Waals surface area contributed by atoms with E-state index in [1.807, 2.05) is 4.57 Å². The summed E-state index contributed by atoms with van der Waals surface area (Å²) in [7, 11) is 0. The number of benzene rings is 2. The first-order valence-corrected chi connectivity index (χ1v) is 10.2. The average Bonchev–Trinajstić information content (AvgIpc) is 3.13. The largest absolute Gasteiger partial charge is 0.483 e. The highest BCUT2D eigenvalue weighted by atomic mass is 32.2. The van der Waals surface area contributed by atoms with Crippen molar-refractivity contribution >= 4 is 11.8 Å². The second-order valence-electron chi connectivity index (χ2n) is 6.47. The van der Waals surface area contributed by atoms with Crippen LogP contribution in [0.5, 0.6) is 11.5 Å². The molecule has 0 atom stereocenters. The fourth-order valence-electron chi connectivity index (χ4n) is 3.06. The molecular weight excluding hydrogens is 412 g/mol. The van der Waals surface area contributed by atoms with Crippen LogP contribution in [0.4, 0.5) is 8.78 Å². The van der Waals surface area contributed by atoms with E-state index in [2.05, 4.69) is 16.8 Å². The molecule has 3 aromatic rings. The predicted molar refractivity (Wildman–Crippen MR) is 107 cm³/mol. The zero-order valence-corrected chi connectivity index (χ0v) is 16.8. The van der Waals surface area contributed by atoms with Crippen molar-refractivity contribution in [2.45, 2.75) is 30.7 Å². The highest BCUT2D eigenvalue weighted by molar-refractivity contribution is 7.98. The topological polar surface area (TPSA) is 58.4 Å². The van der Waals surface area contributed by atoms with E-state index in [9.17, 15) is 8.78 Å². The molecular formula is C21H19F2N3O3S. The third kappa shape index (κ3) is 4.47. The van der Waals surface area contributed by atoms with Gasteiger partial charge in [0.25, 0.3) is 0 Å². The summed E-state index contributed by atoms with van der Waals surface area (Å²) in [5.41, 5.74) is 1.40. The molecule has 1 aromatic heterocycles. The Morgan fingerprint density at radius 1 is 1.23 bits per heavy atom. The van der Waals surface area contributed by atoms with Gasteiger partial charge in [0, 0.05) is 23.4 Å². The number of nitrogens with zero attached hydrogens (tertiary/aromatic N) is 3. The molecule has 0 spiro atoms. The summed E-state index contributed by atoms with van der Waals surface area (Å²) < 4.78 is 45.9. The summed E-state index contributed by atoms with van der Waals surface area (Å²) in [5.74, 6) is 0.973. The molecule has 4 rings (SSSR count). The van der Waals surface area contributed by atoms with Gasteiger partial charge in [0.2, 0.25) is 0 Å². The molecule has 0 saturated carbocycles. The standard InChI is InChI=1S/C21H19F2N3O3S/c1-2-7-26-19(11-28-18-6-4-3-5-17(18)23)24-25-21(26)30-12-15-9-16(22)8-14-10-27-13-29-20(14)15/h2-6,8-9H,1,7,10-13H2. The van der Waals surface area contributed by atoms with Gasteiger partial charge in [-0.05, 0) is 24.3 Å². The lowest BCUT2D eigenvalue weighted by atomic mass is 10.1. The third-order valence-corrected chi connectivity index (χ3v) is 5.42. The predicted octanol–water partition coefficient (Wildman–Crippen LogP) is 4.48. The quantitative estimate of drug-likeness (QED) is 0.387. The van der Waals surface area contributed by atoms with Crippen molar-refractivity contribution in [3.05, 3.63) is 77.6 Å². The monoisotopic (exact) mass is 431 g/mol. The molecule has 0 fully saturated rings. The first-order valence-electron chi connectivity index (χ1n) is 9.20. The number of fused-ring (bicyclic) bond motifs is 1. The molecule has 1 aliphatic rings. The fourth-order valence-corrected chi connectivity index (χ4v) is 3.99. The number of aromatic nitrogens is 3. The minimum atomic E-state index is -0.443. The second-order valence-corrected chi connectivity index (χ2v) is 7.41. The third-order valence-electron chi connectivity index (χ3n) is 4.41. The number of thioether (sulfide) groups is 1. The molecule has 0 saturated heterocycles. The molecule has 0 amide bonds. The van der Waals surface area contributed by atoms with Crippen molar-refractivity contribution in [3.63, 3.8) is 0 Å². The van der Waals surface area contributed by atoms with E-state index in [1.54, 1.807) is 24.3 Å². The van der Waals surface area contributed by atoms with Gasteiger partial charge < -0.3 is 14.2 Å². The molecule has 0 radical (unpaired) electrons. The van der Waals surface area contributed by atoms with E-state index in [1.165, 1.54) is 30.0 Å². The van der Waals surface area contributed by atoms with Gasteiger partial charge in [-0.2, -0.15) is 0 Å². The number of allylic oxidation sites excluding steroid dienone is 1. The summed E-state index contributed by atoms with van der Waals surface area (Å²) in [6.45, 7) is 4.73. The van der Waals surface area contributed by atoms with Crippen LogP contribution >= 0.6 is 11.8 Å². The van der Waals surface area contributed by atoms with Crippen LogP contribution < -0.4 is 9.47 Å². The van der Waals surface area contributed by atoms with Crippen molar-refractivity contribution in [1.82, 2.24) is 14.8 Å². The lowest BCUT2D eigenvalue weighted by molar-refractivity contribution is -0.0171. The van der Waals surface area contributed by atoms with Gasteiger partial charge in [-0.3, -0.25) is 4.57 Å². The van der Waals surface area contributed by atoms with Crippen LogP contribution in [-0.4, -0.2) is 21.6 Å². The van der Waals surface area contributed by atoms with Gasteiger partial charge in [0.1, 0.15) is 18.2 Å². The second kappa shape index (κ2) is 9.27. The van der Waals surface area contributed by atoms with Crippen molar-refractivity contribution in [1.29, 1.82) is 0 Å². The molecule has 0 bridgehead atoms. The Hall–Kier alpha value is -2.91. The van der Waals surface area contributed by atoms with Gasteiger partial charge in [0.15, 0.2) is 29.3 Å². The number of hydrogen-bond acceptors (Lipinski definition) is 6. The summed E-state index contributed by atoms with van der Waals surface area (Å²) in [4.78, 5) is 0. The molecule has 6 nitrogen and oxygen atoms in total. The molecule has 1 aliphatic heterocycles. The Bertz CT molecular complexity index is 1060. The maximum absolute atomic E-state index is 14.0. The van der Waals surface area contributed by atoms with Gasteiger partial charge in [0.05, 0.1) is 6.61 Å². The number of para-hydroxylation sites is 1. The van der Waals surface area contributed by atoms with E-state index in [0.29, 0.717) is 41.2 Å². The lowest BCUT2D eigenvalue weighted by Gasteiger charge is -2.20. The highest BCUT2D eigenvalue weighted by Crippen LogP contribution is 2.33. The summed E-state index contributed by atoms with van der Waals surface area (Å²) in [6, 6.07) is 9.04. The molecule has 9 heteroatoms. The van der Waals surface area contributed by atoms with E-state index in [-0.39, 0.29) is 25.0 Å². The van der Waals surface area contributed by atoms with Gasteiger partial charge >= 0.3 is 0 Å². The van der Waals surface area contributed by atoms with E-state index >= 15 is 0 Å². The van der Waals surface area contributed by atoms with Crippen LogP contribution in [0.25, 0.3) is 0 Å². The fraction of sp³-hybridized carbons (Fsp3) is 0.238. The maximum Gasteiger partial charge on any atom is 0.191 e. The lowest BCUT2D eigenvalue weighted by Crippen LogP contribution is -2.13. The molecule has 0 N–H and O–H groups in total. The smallest absolute Gasteiger partial charge is 0.191 e. The van der Waals surface area contributed by atoms with Crippen LogP contribution in [0.2, 0.25) is 0 Å². The maximum atomic E-state index is 14.0. The first kappa shape index (κ1) is 20.4. The number of hydrogen-bond donors (Lipinski definition) is 0. The Morgan fingerprint density at radius 2 is 2.10 bits per heavy atom. The van der Waals surface area contributed by atoms with Gasteiger partial charge in [-0.1, -0.05) is 30.0 Å². The molecule has 0 unspecified atom stereocenters. The Kier molecular flexibility index (Phi) is 6.29. The van der Waals surface area contributed by atoms with Crippen molar-refractivity contribution in [2.75, 3.05) is 6.79 Å². The van der Waals surface area contributed by atoms with Crippen LogP contribution in [0.15, 0.2) is 54.2 Å². The SMILES string of the molecule is C=CCn1c(COc2ccccc2F)nnc1SCc1cc(F)cc2c1OCOC2. The Labute approximate surface area is 176 Å². The molecule has 2 heterocycles. The van der Waals surface area contributed by atoms with Crippen LogP contribution in [0, 0.1) is 11.6 Å². The normalized spacial score (nSPS) is 12.9. The van der Waals surface area contributed by atoms with Crippen LogP contribution in [0.1, 0.15) is 17.0 Å².